The number of pyridine rings is 1. The minimum absolute atomic E-state index is 0.0891. The molecule has 21 heavy (non-hydrogen) atoms. The molecule has 0 atom stereocenters. The lowest BCUT2D eigenvalue weighted by Crippen LogP contribution is -2.15. The van der Waals surface area contributed by atoms with Gasteiger partial charge in [-0.05, 0) is 18.2 Å². The Balaban J connectivity index is 2.41. The molecule has 0 amide bonds. The van der Waals surface area contributed by atoms with Gasteiger partial charge in [-0.15, -0.1) is 0 Å². The van der Waals surface area contributed by atoms with E-state index in [1.807, 2.05) is 0 Å². The minimum Gasteiger partial charge on any atom is -0.389 e. The maximum atomic E-state index is 13.1. The molecule has 0 spiro atoms. The van der Waals surface area contributed by atoms with Crippen LogP contribution >= 0.6 is 23.8 Å². The molecule has 1 aromatic carbocycles. The number of sulfonamides is 1. The van der Waals surface area contributed by atoms with Gasteiger partial charge in [-0.1, -0.05) is 29.9 Å². The monoisotopic (exact) mass is 345 g/mol. The molecule has 9 heteroatoms. The molecular formula is C12H9ClFN3O2S2. The summed E-state index contributed by atoms with van der Waals surface area (Å²) in [4.78, 5) is 3.27. The van der Waals surface area contributed by atoms with Gasteiger partial charge in [0.15, 0.2) is 0 Å². The summed E-state index contributed by atoms with van der Waals surface area (Å²) in [7, 11) is -4.02. The van der Waals surface area contributed by atoms with Crippen LogP contribution in [0.3, 0.4) is 0 Å². The van der Waals surface area contributed by atoms with Gasteiger partial charge in [0.25, 0.3) is 10.0 Å². The zero-order valence-electron chi connectivity index (χ0n) is 10.4. The van der Waals surface area contributed by atoms with E-state index in [-0.39, 0.29) is 20.6 Å². The van der Waals surface area contributed by atoms with Crippen molar-refractivity contribution in [1.82, 2.24) is 4.98 Å². The molecule has 0 aliphatic rings. The van der Waals surface area contributed by atoms with Crippen LogP contribution in [0.25, 0.3) is 0 Å². The van der Waals surface area contributed by atoms with Gasteiger partial charge in [0.05, 0.1) is 16.9 Å². The topological polar surface area (TPSA) is 85.1 Å². The fourth-order valence-electron chi connectivity index (χ4n) is 1.50. The van der Waals surface area contributed by atoms with Crippen molar-refractivity contribution in [3.8, 4) is 0 Å². The number of thiocarbonyl (C=S) groups is 1. The molecule has 0 aliphatic carbocycles. The average Bonchev–Trinajstić information content (AvgIpc) is 2.41. The van der Waals surface area contributed by atoms with Gasteiger partial charge in [-0.3, -0.25) is 9.71 Å². The van der Waals surface area contributed by atoms with E-state index in [1.54, 1.807) is 6.07 Å². The molecular weight excluding hydrogens is 337 g/mol. The van der Waals surface area contributed by atoms with Crippen LogP contribution in [-0.2, 0) is 10.0 Å². The summed E-state index contributed by atoms with van der Waals surface area (Å²) in [5, 5.41) is 0.155. The molecule has 110 valence electrons. The number of nitrogens with zero attached hydrogens (tertiary/aromatic N) is 1. The molecule has 1 heterocycles. The van der Waals surface area contributed by atoms with Crippen molar-refractivity contribution in [2.45, 2.75) is 4.90 Å². The number of nitrogens with one attached hydrogen (secondary N) is 1. The van der Waals surface area contributed by atoms with E-state index in [1.165, 1.54) is 12.1 Å². The largest absolute Gasteiger partial charge is 0.389 e. The highest BCUT2D eigenvalue weighted by molar-refractivity contribution is 7.92. The molecule has 2 aromatic rings. The van der Waals surface area contributed by atoms with Crippen molar-refractivity contribution in [1.29, 1.82) is 0 Å². The van der Waals surface area contributed by atoms with Crippen molar-refractivity contribution in [3.63, 3.8) is 0 Å². The highest BCUT2D eigenvalue weighted by atomic mass is 35.5. The maximum absolute atomic E-state index is 13.1. The number of rotatable bonds is 4. The second-order valence-corrected chi connectivity index (χ2v) is 6.53. The first-order valence-corrected chi connectivity index (χ1v) is 7.79. The molecule has 2 rings (SSSR count). The number of nitrogens with two attached hydrogens (primary N) is 1. The fraction of sp³-hybridized carbons (Fsp3) is 0. The summed E-state index contributed by atoms with van der Waals surface area (Å²) in [6.07, 6.45) is 1.93. The summed E-state index contributed by atoms with van der Waals surface area (Å²) in [5.41, 5.74) is 6.02. The zero-order valence-corrected chi connectivity index (χ0v) is 12.8. The number of hydrogen-bond acceptors (Lipinski definition) is 4. The van der Waals surface area contributed by atoms with E-state index in [9.17, 15) is 12.8 Å². The quantitative estimate of drug-likeness (QED) is 0.830. The molecule has 0 unspecified atom stereocenters. The van der Waals surface area contributed by atoms with Crippen molar-refractivity contribution < 1.29 is 12.8 Å². The SMILES string of the molecule is NC(=S)c1ccc(Cl)c(NS(=O)(=O)c2cncc(F)c2)c1. The number of hydrogen-bond donors (Lipinski definition) is 2. The summed E-state index contributed by atoms with van der Waals surface area (Å²) in [6.45, 7) is 0. The first-order chi connectivity index (χ1) is 9.79. The predicted octanol–water partition coefficient (Wildman–Crippen LogP) is 2.31. The van der Waals surface area contributed by atoms with Crippen LogP contribution < -0.4 is 10.5 Å². The molecule has 0 radical (unpaired) electrons. The minimum atomic E-state index is -4.02. The van der Waals surface area contributed by atoms with Crippen LogP contribution in [0.15, 0.2) is 41.6 Å². The van der Waals surface area contributed by atoms with Gasteiger partial charge in [0, 0.05) is 11.8 Å². The van der Waals surface area contributed by atoms with E-state index in [0.717, 1.165) is 18.5 Å². The van der Waals surface area contributed by atoms with Crippen molar-refractivity contribution in [3.05, 3.63) is 53.1 Å². The van der Waals surface area contributed by atoms with Crippen LogP contribution in [0.1, 0.15) is 5.56 Å². The standard InChI is InChI=1S/C12H9ClFN3O2S2/c13-10-2-1-7(12(15)20)3-11(10)17-21(18,19)9-4-8(14)5-16-6-9/h1-6,17H,(H2,15,20). The third kappa shape index (κ3) is 3.66. The normalized spacial score (nSPS) is 11.1. The van der Waals surface area contributed by atoms with Crippen LogP contribution in [0.5, 0.6) is 0 Å². The van der Waals surface area contributed by atoms with Gasteiger partial charge in [0.1, 0.15) is 15.7 Å². The molecule has 0 saturated heterocycles. The Morgan fingerprint density at radius 1 is 1.33 bits per heavy atom. The fourth-order valence-corrected chi connectivity index (χ4v) is 2.89. The molecule has 0 saturated carbocycles. The van der Waals surface area contributed by atoms with Crippen molar-refractivity contribution >= 4 is 44.5 Å². The third-order valence-electron chi connectivity index (χ3n) is 2.49. The lowest BCUT2D eigenvalue weighted by molar-refractivity contribution is 0.592. The third-order valence-corrected chi connectivity index (χ3v) is 4.38. The van der Waals surface area contributed by atoms with Gasteiger partial charge in [-0.2, -0.15) is 0 Å². The van der Waals surface area contributed by atoms with Crippen molar-refractivity contribution in [2.24, 2.45) is 5.73 Å². The van der Waals surface area contributed by atoms with E-state index in [0.29, 0.717) is 5.56 Å². The highest BCUT2D eigenvalue weighted by Crippen LogP contribution is 2.25. The van der Waals surface area contributed by atoms with Crippen LogP contribution in [-0.4, -0.2) is 18.4 Å². The first kappa shape index (κ1) is 15.6. The Morgan fingerprint density at radius 2 is 2.05 bits per heavy atom. The Hall–Kier alpha value is -1.77. The summed E-state index contributed by atoms with van der Waals surface area (Å²) >= 11 is 10.7. The van der Waals surface area contributed by atoms with Gasteiger partial charge in [-0.25, -0.2) is 12.8 Å². The summed E-state index contributed by atoms with van der Waals surface area (Å²) in [6, 6.07) is 5.26. The van der Waals surface area contributed by atoms with Gasteiger partial charge in [0.2, 0.25) is 0 Å². The van der Waals surface area contributed by atoms with Crippen LogP contribution in [0.4, 0.5) is 10.1 Å². The van der Waals surface area contributed by atoms with E-state index in [2.05, 4.69) is 9.71 Å². The molecule has 0 fully saturated rings. The van der Waals surface area contributed by atoms with Crippen LogP contribution in [0.2, 0.25) is 5.02 Å². The van der Waals surface area contributed by atoms with Gasteiger partial charge >= 0.3 is 0 Å². The Morgan fingerprint density at radius 3 is 2.67 bits per heavy atom. The second-order valence-electron chi connectivity index (χ2n) is 4.00. The van der Waals surface area contributed by atoms with Crippen molar-refractivity contribution in [2.75, 3.05) is 4.72 Å². The van der Waals surface area contributed by atoms with Crippen LogP contribution in [0, 0.1) is 5.82 Å². The average molecular weight is 346 g/mol. The highest BCUT2D eigenvalue weighted by Gasteiger charge is 2.17. The smallest absolute Gasteiger partial charge is 0.263 e. The maximum Gasteiger partial charge on any atom is 0.263 e. The lowest BCUT2D eigenvalue weighted by Gasteiger charge is -2.10. The Bertz CT molecular complexity index is 812. The molecule has 3 N–H and O–H groups in total. The second kappa shape index (κ2) is 5.92. The Labute approximate surface area is 131 Å². The Kier molecular flexibility index (Phi) is 4.40. The van der Waals surface area contributed by atoms with E-state index in [4.69, 9.17) is 29.6 Å². The molecule has 1 aromatic heterocycles. The number of aromatic nitrogens is 1. The van der Waals surface area contributed by atoms with Gasteiger partial charge < -0.3 is 5.73 Å². The zero-order chi connectivity index (χ0) is 15.6. The first-order valence-electron chi connectivity index (χ1n) is 5.52. The predicted molar refractivity (Wildman–Crippen MR) is 82.3 cm³/mol. The van der Waals surface area contributed by atoms with E-state index < -0.39 is 15.8 Å². The number of halogens is 2. The summed E-state index contributed by atoms with van der Waals surface area (Å²) in [5.74, 6) is -0.763. The number of anilines is 1. The number of benzene rings is 1. The molecule has 0 bridgehead atoms. The lowest BCUT2D eigenvalue weighted by atomic mass is 10.2. The van der Waals surface area contributed by atoms with E-state index >= 15 is 0 Å². The molecule has 5 nitrogen and oxygen atoms in total. The summed E-state index contributed by atoms with van der Waals surface area (Å²) < 4.78 is 39.6. The molecule has 0 aliphatic heterocycles.